The van der Waals surface area contributed by atoms with Crippen molar-refractivity contribution in [2.75, 3.05) is 5.32 Å². The Balaban J connectivity index is 1.44. The quantitative estimate of drug-likeness (QED) is 0.332. The first-order valence-corrected chi connectivity index (χ1v) is 10.9. The molecular weight excluding hydrogens is 446 g/mol. The van der Waals surface area contributed by atoms with Crippen LogP contribution in [-0.2, 0) is 0 Å². The van der Waals surface area contributed by atoms with E-state index in [4.69, 9.17) is 12.2 Å². The fraction of sp³-hybridized carbons (Fsp3) is 0.261. The molecule has 3 atom stereocenters. The number of carbonyl (C=O) groups is 1. The summed E-state index contributed by atoms with van der Waals surface area (Å²) in [7, 11) is 0. The Hall–Kier alpha value is -3.53. The molecule has 33 heavy (non-hydrogen) atoms. The lowest BCUT2D eigenvalue weighted by atomic mass is 9.97. The molecule has 0 bridgehead atoms. The van der Waals surface area contributed by atoms with Crippen LogP contribution in [0.5, 0.6) is 0 Å². The number of nitrogens with zero attached hydrogens (tertiary/aromatic N) is 2. The summed E-state index contributed by atoms with van der Waals surface area (Å²) in [6, 6.07) is 17.4. The van der Waals surface area contributed by atoms with E-state index in [1.165, 1.54) is 10.9 Å². The van der Waals surface area contributed by atoms with E-state index in [1.807, 2.05) is 67.6 Å². The number of hydrogen-bond acceptors (Lipinski definition) is 4. The molecular formula is C23H24F2N6OS. The lowest BCUT2D eigenvalue weighted by Crippen LogP contribution is -2.47. The molecule has 4 N–H and O–H groups in total. The molecule has 2 aromatic carbocycles. The maximum atomic E-state index is 13.8. The number of rotatable bonds is 5. The third-order valence-electron chi connectivity index (χ3n) is 5.57. The maximum Gasteiger partial charge on any atom is 0.275 e. The van der Waals surface area contributed by atoms with Crippen LogP contribution in [-0.4, -0.2) is 27.2 Å². The number of aromatic nitrogens is 2. The number of hydrazine groups is 1. The summed E-state index contributed by atoms with van der Waals surface area (Å²) >= 11 is 5.26. The molecule has 0 saturated heterocycles. The summed E-state index contributed by atoms with van der Waals surface area (Å²) in [5.74, 6) is -0.293. The standard InChI is InChI=1S/C23H24F2N6OS/c1-14(15-8-4-2-5-9-15)27-23(33)30-29-22(32)17-13-26-31-19(20(24)25)12-18(28-21(17)31)16-10-6-3-7-11-16/h2-11,13-14,18-20,28H,12H2,1H3,(H,29,32)(H2,27,30,33)/t14-,18-,19-/m0/s1. The molecule has 0 radical (unpaired) electrons. The van der Waals surface area contributed by atoms with Crippen LogP contribution < -0.4 is 21.5 Å². The fourth-order valence-corrected chi connectivity index (χ4v) is 4.07. The van der Waals surface area contributed by atoms with E-state index in [0.29, 0.717) is 0 Å². The number of alkyl halides is 2. The number of fused-ring (bicyclic) bond motifs is 1. The molecule has 1 amide bonds. The minimum absolute atomic E-state index is 0.0768. The topological polar surface area (TPSA) is 83.0 Å². The minimum atomic E-state index is -2.62. The molecule has 2 heterocycles. The van der Waals surface area contributed by atoms with E-state index in [0.717, 1.165) is 11.1 Å². The fourth-order valence-electron chi connectivity index (χ4n) is 3.84. The van der Waals surface area contributed by atoms with Gasteiger partial charge in [-0.25, -0.2) is 13.5 Å². The van der Waals surface area contributed by atoms with Crippen molar-refractivity contribution in [1.29, 1.82) is 0 Å². The monoisotopic (exact) mass is 470 g/mol. The Morgan fingerprint density at radius 2 is 1.79 bits per heavy atom. The van der Waals surface area contributed by atoms with Crippen LogP contribution >= 0.6 is 12.2 Å². The van der Waals surface area contributed by atoms with Crippen molar-refractivity contribution in [2.24, 2.45) is 0 Å². The number of anilines is 1. The summed E-state index contributed by atoms with van der Waals surface area (Å²) in [6.45, 7) is 1.94. The first kappa shape index (κ1) is 22.7. The van der Waals surface area contributed by atoms with Gasteiger partial charge < -0.3 is 10.6 Å². The van der Waals surface area contributed by atoms with E-state index in [9.17, 15) is 13.6 Å². The van der Waals surface area contributed by atoms with Crippen molar-refractivity contribution in [3.05, 3.63) is 83.6 Å². The average molecular weight is 471 g/mol. The Kier molecular flexibility index (Phi) is 6.83. The van der Waals surface area contributed by atoms with Crippen LogP contribution in [0.15, 0.2) is 66.9 Å². The number of thiocarbonyl (C=S) groups is 1. The first-order chi connectivity index (χ1) is 15.9. The van der Waals surface area contributed by atoms with Gasteiger partial charge in [-0.05, 0) is 36.7 Å². The molecule has 1 aliphatic rings. The van der Waals surface area contributed by atoms with Gasteiger partial charge in [-0.2, -0.15) is 5.10 Å². The number of benzene rings is 2. The largest absolute Gasteiger partial charge is 0.363 e. The van der Waals surface area contributed by atoms with Crippen LogP contribution in [0.4, 0.5) is 14.6 Å². The Labute approximate surface area is 195 Å². The van der Waals surface area contributed by atoms with Gasteiger partial charge in [0.2, 0.25) is 0 Å². The molecule has 1 aliphatic heterocycles. The SMILES string of the molecule is C[C@H](NC(=S)NNC(=O)c1cnn2c1N[C@H](c1ccccc1)C[C@H]2C(F)F)c1ccccc1. The molecule has 4 rings (SSSR count). The van der Waals surface area contributed by atoms with Crippen LogP contribution in [0.3, 0.4) is 0 Å². The van der Waals surface area contributed by atoms with Crippen molar-refractivity contribution in [3.8, 4) is 0 Å². The Morgan fingerprint density at radius 1 is 1.12 bits per heavy atom. The van der Waals surface area contributed by atoms with Crippen molar-refractivity contribution >= 4 is 29.1 Å². The number of nitrogens with one attached hydrogen (secondary N) is 4. The lowest BCUT2D eigenvalue weighted by molar-refractivity contribution is 0.0656. The summed E-state index contributed by atoms with van der Waals surface area (Å²) in [6.07, 6.45) is -1.19. The second-order valence-corrected chi connectivity index (χ2v) is 8.19. The summed E-state index contributed by atoms with van der Waals surface area (Å²) in [5, 5.41) is 10.6. The Bertz CT molecular complexity index is 1110. The van der Waals surface area contributed by atoms with E-state index >= 15 is 0 Å². The van der Waals surface area contributed by atoms with Crippen molar-refractivity contribution in [1.82, 2.24) is 25.9 Å². The van der Waals surface area contributed by atoms with Gasteiger partial charge in [0.1, 0.15) is 17.4 Å². The van der Waals surface area contributed by atoms with Crippen molar-refractivity contribution in [2.45, 2.75) is 37.9 Å². The van der Waals surface area contributed by atoms with Crippen LogP contribution in [0, 0.1) is 0 Å². The Morgan fingerprint density at radius 3 is 2.45 bits per heavy atom. The van der Waals surface area contributed by atoms with Gasteiger partial charge in [-0.15, -0.1) is 0 Å². The highest BCUT2D eigenvalue weighted by atomic mass is 32.1. The zero-order valence-electron chi connectivity index (χ0n) is 17.8. The molecule has 172 valence electrons. The van der Waals surface area contributed by atoms with E-state index in [1.54, 1.807) is 0 Å². The number of halogens is 2. The minimum Gasteiger partial charge on any atom is -0.363 e. The molecule has 7 nitrogen and oxygen atoms in total. The van der Waals surface area contributed by atoms with Crippen molar-refractivity contribution in [3.63, 3.8) is 0 Å². The highest BCUT2D eigenvalue weighted by Crippen LogP contribution is 2.39. The van der Waals surface area contributed by atoms with Crippen LogP contribution in [0.2, 0.25) is 0 Å². The second kappa shape index (κ2) is 9.95. The lowest BCUT2D eigenvalue weighted by Gasteiger charge is -2.32. The van der Waals surface area contributed by atoms with Gasteiger partial charge in [-0.1, -0.05) is 60.7 Å². The third-order valence-corrected chi connectivity index (χ3v) is 5.79. The summed E-state index contributed by atoms with van der Waals surface area (Å²) in [4.78, 5) is 12.8. The molecule has 0 fully saturated rings. The van der Waals surface area contributed by atoms with Gasteiger partial charge in [0.15, 0.2) is 5.11 Å². The zero-order valence-corrected chi connectivity index (χ0v) is 18.7. The average Bonchev–Trinajstić information content (AvgIpc) is 3.27. The number of amides is 1. The van der Waals surface area contributed by atoms with Gasteiger partial charge in [0.05, 0.1) is 18.3 Å². The summed E-state index contributed by atoms with van der Waals surface area (Å²) in [5.41, 5.74) is 7.22. The van der Waals surface area contributed by atoms with Crippen LogP contribution in [0.25, 0.3) is 0 Å². The van der Waals surface area contributed by atoms with E-state index in [-0.39, 0.29) is 35.0 Å². The van der Waals surface area contributed by atoms with E-state index in [2.05, 4.69) is 26.6 Å². The van der Waals surface area contributed by atoms with Gasteiger partial charge >= 0.3 is 0 Å². The zero-order chi connectivity index (χ0) is 23.4. The highest BCUT2D eigenvalue weighted by Gasteiger charge is 2.36. The molecule has 1 aromatic heterocycles. The first-order valence-electron chi connectivity index (χ1n) is 10.5. The highest BCUT2D eigenvalue weighted by molar-refractivity contribution is 7.80. The number of carbonyl (C=O) groups excluding carboxylic acids is 1. The molecule has 3 aromatic rings. The molecule has 0 spiro atoms. The second-order valence-electron chi connectivity index (χ2n) is 7.78. The predicted octanol–water partition coefficient (Wildman–Crippen LogP) is 4.12. The van der Waals surface area contributed by atoms with Gasteiger partial charge in [0.25, 0.3) is 12.3 Å². The molecule has 0 unspecified atom stereocenters. The van der Waals surface area contributed by atoms with Crippen molar-refractivity contribution < 1.29 is 13.6 Å². The maximum absolute atomic E-state index is 13.8. The predicted molar refractivity (Wildman–Crippen MR) is 126 cm³/mol. The summed E-state index contributed by atoms with van der Waals surface area (Å²) < 4.78 is 28.8. The molecule has 0 aliphatic carbocycles. The normalized spacial score (nSPS) is 18.1. The van der Waals surface area contributed by atoms with Gasteiger partial charge in [0, 0.05) is 0 Å². The smallest absolute Gasteiger partial charge is 0.275 e. The molecule has 10 heteroatoms. The molecule has 0 saturated carbocycles. The van der Waals surface area contributed by atoms with Crippen LogP contribution in [0.1, 0.15) is 53.0 Å². The van der Waals surface area contributed by atoms with E-state index < -0.39 is 18.4 Å². The van der Waals surface area contributed by atoms with Gasteiger partial charge in [-0.3, -0.25) is 15.6 Å². The number of hydrogen-bond donors (Lipinski definition) is 4. The third kappa shape index (κ3) is 5.11.